The molecular weight excluding hydrogens is 294 g/mol. The van der Waals surface area contributed by atoms with Crippen LogP contribution in [0.4, 0.5) is 0 Å². The van der Waals surface area contributed by atoms with Gasteiger partial charge in [0.1, 0.15) is 5.78 Å². The van der Waals surface area contributed by atoms with Gasteiger partial charge in [0.15, 0.2) is 0 Å². The van der Waals surface area contributed by atoms with Crippen molar-refractivity contribution in [1.29, 1.82) is 0 Å². The molecule has 0 aromatic carbocycles. The Morgan fingerprint density at radius 2 is 1.17 bits per heavy atom. The van der Waals surface area contributed by atoms with E-state index in [1.165, 1.54) is 83.7 Å². The predicted molar refractivity (Wildman–Crippen MR) is 110 cm³/mol. The first-order valence-corrected chi connectivity index (χ1v) is 10.8. The summed E-state index contributed by atoms with van der Waals surface area (Å²) >= 11 is 0. The summed E-state index contributed by atoms with van der Waals surface area (Å²) in [7, 11) is 0. The van der Waals surface area contributed by atoms with Gasteiger partial charge in [-0.1, -0.05) is 85.5 Å². The van der Waals surface area contributed by atoms with Crippen molar-refractivity contribution < 1.29 is 6.22 Å². The maximum absolute atomic E-state index is 11.5. The molecule has 2 heteroatoms. The zero-order chi connectivity index (χ0) is 18.0. The molecule has 24 heavy (non-hydrogen) atoms. The molecule has 0 spiro atoms. The van der Waals surface area contributed by atoms with Gasteiger partial charge in [0.2, 0.25) is 0 Å². The van der Waals surface area contributed by atoms with E-state index in [4.69, 9.17) is 0 Å². The van der Waals surface area contributed by atoms with Crippen molar-refractivity contribution in [1.82, 2.24) is 5.32 Å². The fourth-order valence-corrected chi connectivity index (χ4v) is 3.00. The first kappa shape index (κ1) is 23.6. The molecule has 0 bridgehead atoms. The van der Waals surface area contributed by atoms with Crippen molar-refractivity contribution in [3.63, 3.8) is 0 Å². The molecular formula is C22H47NO. The highest BCUT2D eigenvalue weighted by Gasteiger charge is 2.05. The Balaban J connectivity index is 0. The lowest BCUT2D eigenvalue weighted by Gasteiger charge is -2.06. The number of ketones is 1. The molecule has 0 amide bonds. The van der Waals surface area contributed by atoms with Gasteiger partial charge in [-0.15, -0.1) is 0 Å². The minimum absolute atomic E-state index is 0. The Kier molecular flexibility index (Phi) is 17.2. The minimum atomic E-state index is 0. The Morgan fingerprint density at radius 3 is 1.67 bits per heavy atom. The lowest BCUT2D eigenvalue weighted by molar-refractivity contribution is -0.122. The van der Waals surface area contributed by atoms with Gasteiger partial charge in [-0.05, 0) is 38.3 Å². The number of rotatable bonds is 18. The molecule has 0 rings (SSSR count). The monoisotopic (exact) mass is 341 g/mol. The van der Waals surface area contributed by atoms with Gasteiger partial charge in [0.05, 0.1) is 0 Å². The van der Waals surface area contributed by atoms with E-state index < -0.39 is 0 Å². The number of hydrogen-bond acceptors (Lipinski definition) is 2. The zero-order valence-electron chi connectivity index (χ0n) is 17.2. The number of hydrogen-bond donors (Lipinski definition) is 1. The molecule has 0 saturated carbocycles. The van der Waals surface area contributed by atoms with Gasteiger partial charge in [-0.25, -0.2) is 0 Å². The van der Waals surface area contributed by atoms with Crippen molar-refractivity contribution in [2.45, 2.75) is 111 Å². The van der Waals surface area contributed by atoms with Crippen LogP contribution >= 0.6 is 0 Å². The van der Waals surface area contributed by atoms with Crippen LogP contribution in [0.25, 0.3) is 0 Å². The van der Waals surface area contributed by atoms with E-state index in [0.29, 0.717) is 5.78 Å². The van der Waals surface area contributed by atoms with Crippen LogP contribution in [-0.4, -0.2) is 18.9 Å². The van der Waals surface area contributed by atoms with E-state index in [9.17, 15) is 4.79 Å². The summed E-state index contributed by atoms with van der Waals surface area (Å²) in [4.78, 5) is 11.5. The van der Waals surface area contributed by atoms with Crippen molar-refractivity contribution in [3.8, 4) is 0 Å². The first-order chi connectivity index (χ1) is 11.5. The standard InChI is InChI=1S/C22H45NO.H2/c1-20(2)16-12-8-7-11-15-19-23-18-14-10-6-5-9-13-17-22(24)21(3)4;/h20-21,23H,5-19H2,1-4H3;1H. The van der Waals surface area contributed by atoms with Crippen LogP contribution in [0.2, 0.25) is 0 Å². The maximum atomic E-state index is 11.5. The molecule has 0 aliphatic carbocycles. The molecule has 1 N–H and O–H groups in total. The number of nitrogens with one attached hydrogen (secondary N) is 1. The summed E-state index contributed by atoms with van der Waals surface area (Å²) < 4.78 is 0. The van der Waals surface area contributed by atoms with Gasteiger partial charge in [-0.2, -0.15) is 0 Å². The normalized spacial score (nSPS) is 11.6. The van der Waals surface area contributed by atoms with E-state index >= 15 is 0 Å². The van der Waals surface area contributed by atoms with Gasteiger partial charge >= 0.3 is 0 Å². The average molecular weight is 342 g/mol. The predicted octanol–water partition coefficient (Wildman–Crippen LogP) is 6.77. The van der Waals surface area contributed by atoms with Crippen molar-refractivity contribution in [2.75, 3.05) is 13.1 Å². The summed E-state index contributed by atoms with van der Waals surface area (Å²) in [6.07, 6.45) is 16.7. The highest BCUT2D eigenvalue weighted by molar-refractivity contribution is 5.80. The lowest BCUT2D eigenvalue weighted by Crippen LogP contribution is -2.16. The van der Waals surface area contributed by atoms with E-state index in [-0.39, 0.29) is 7.34 Å². The van der Waals surface area contributed by atoms with Crippen LogP contribution in [0.5, 0.6) is 0 Å². The van der Waals surface area contributed by atoms with Crippen LogP contribution in [0.15, 0.2) is 0 Å². The van der Waals surface area contributed by atoms with Gasteiger partial charge in [0.25, 0.3) is 0 Å². The molecule has 0 aromatic heterocycles. The van der Waals surface area contributed by atoms with E-state index in [1.54, 1.807) is 0 Å². The van der Waals surface area contributed by atoms with Crippen LogP contribution in [0.1, 0.15) is 113 Å². The summed E-state index contributed by atoms with van der Waals surface area (Å²) in [5, 5.41) is 3.58. The first-order valence-electron chi connectivity index (χ1n) is 10.8. The van der Waals surface area contributed by atoms with Gasteiger partial charge in [0, 0.05) is 13.8 Å². The quantitative estimate of drug-likeness (QED) is 0.279. The molecule has 0 atom stereocenters. The fourth-order valence-electron chi connectivity index (χ4n) is 3.00. The van der Waals surface area contributed by atoms with Crippen molar-refractivity contribution >= 4 is 5.78 Å². The topological polar surface area (TPSA) is 29.1 Å². The third-order valence-electron chi connectivity index (χ3n) is 4.81. The molecule has 0 radical (unpaired) electrons. The SMILES string of the molecule is CC(C)CCCCCCCNCCCCCCCCC(=O)C(C)C.[HH]. The van der Waals surface area contributed by atoms with E-state index in [0.717, 1.165) is 18.8 Å². The summed E-state index contributed by atoms with van der Waals surface area (Å²) in [5.74, 6) is 1.52. The maximum Gasteiger partial charge on any atom is 0.135 e. The molecule has 0 fully saturated rings. The van der Waals surface area contributed by atoms with Crippen LogP contribution in [-0.2, 0) is 4.79 Å². The largest absolute Gasteiger partial charge is 0.317 e. The van der Waals surface area contributed by atoms with Crippen LogP contribution < -0.4 is 5.32 Å². The summed E-state index contributed by atoms with van der Waals surface area (Å²) in [6.45, 7) is 11.0. The molecule has 2 nitrogen and oxygen atoms in total. The van der Waals surface area contributed by atoms with Crippen LogP contribution in [0.3, 0.4) is 0 Å². The molecule has 0 unspecified atom stereocenters. The van der Waals surface area contributed by atoms with E-state index in [2.05, 4.69) is 19.2 Å². The highest BCUT2D eigenvalue weighted by Crippen LogP contribution is 2.11. The molecule has 0 aromatic rings. The Labute approximate surface area is 154 Å². The van der Waals surface area contributed by atoms with Crippen molar-refractivity contribution in [2.24, 2.45) is 11.8 Å². The number of carbonyl (C=O) groups is 1. The smallest absolute Gasteiger partial charge is 0.135 e. The Hall–Kier alpha value is -0.370. The molecule has 0 saturated heterocycles. The second-order valence-electron chi connectivity index (χ2n) is 8.19. The number of Topliss-reactive ketones (excluding diaryl/α,β-unsaturated/α-hetero) is 1. The average Bonchev–Trinajstić information content (AvgIpc) is 2.53. The fraction of sp³-hybridized carbons (Fsp3) is 0.955. The summed E-state index contributed by atoms with van der Waals surface area (Å²) in [5.41, 5.74) is 0. The molecule has 0 heterocycles. The third-order valence-corrected chi connectivity index (χ3v) is 4.81. The summed E-state index contributed by atoms with van der Waals surface area (Å²) in [6, 6.07) is 0. The van der Waals surface area contributed by atoms with Gasteiger partial charge in [-0.3, -0.25) is 4.79 Å². The van der Waals surface area contributed by atoms with Gasteiger partial charge < -0.3 is 5.32 Å². The van der Waals surface area contributed by atoms with E-state index in [1.807, 2.05) is 13.8 Å². The van der Waals surface area contributed by atoms with Crippen molar-refractivity contribution in [3.05, 3.63) is 0 Å². The third kappa shape index (κ3) is 18.0. The Bertz CT molecular complexity index is 279. The van der Waals surface area contributed by atoms with Crippen LogP contribution in [0, 0.1) is 11.8 Å². The molecule has 0 aliphatic heterocycles. The lowest BCUT2D eigenvalue weighted by atomic mass is 10.0. The Morgan fingerprint density at radius 1 is 0.708 bits per heavy atom. The number of unbranched alkanes of at least 4 members (excludes halogenated alkanes) is 9. The number of carbonyl (C=O) groups excluding carboxylic acids is 1. The minimum Gasteiger partial charge on any atom is -0.317 e. The zero-order valence-corrected chi connectivity index (χ0v) is 17.2. The molecule has 146 valence electrons. The second-order valence-corrected chi connectivity index (χ2v) is 8.19. The molecule has 0 aliphatic rings. The highest BCUT2D eigenvalue weighted by atomic mass is 16.1. The second kappa shape index (κ2) is 17.5.